The summed E-state index contributed by atoms with van der Waals surface area (Å²) in [5.74, 6) is -4.33. The third kappa shape index (κ3) is 5.82. The number of amides is 2. The smallest absolute Gasteiger partial charge is 0.489 e. The molecule has 0 bridgehead atoms. The Hall–Kier alpha value is -4.42. The van der Waals surface area contributed by atoms with Crippen LogP contribution in [0.5, 0.6) is 11.5 Å². The number of aliphatic hydroxyl groups is 1. The predicted molar refractivity (Wildman–Crippen MR) is 150 cm³/mol. The molecule has 2 atom stereocenters. The summed E-state index contributed by atoms with van der Waals surface area (Å²) in [5, 5.41) is 12.4. The Morgan fingerprint density at radius 2 is 1.85 bits per heavy atom. The van der Waals surface area contributed by atoms with Crippen molar-refractivity contribution in [2.75, 3.05) is 18.9 Å². The van der Waals surface area contributed by atoms with Crippen LogP contribution in [-0.2, 0) is 15.8 Å². The number of carbonyl (C=O) groups is 2. The Balaban J connectivity index is 1.59. The van der Waals surface area contributed by atoms with Crippen LogP contribution < -0.4 is 26.3 Å². The van der Waals surface area contributed by atoms with E-state index < -0.39 is 76.4 Å². The van der Waals surface area contributed by atoms with Crippen molar-refractivity contribution < 1.29 is 54.9 Å². The first-order valence-electron chi connectivity index (χ1n) is 12.7. The number of rotatable bonds is 7. The minimum absolute atomic E-state index is 0.0518. The molecule has 2 amide bonds. The maximum Gasteiger partial charge on any atom is 0.573 e. The maximum atomic E-state index is 14.7. The van der Waals surface area contributed by atoms with Crippen LogP contribution in [0.1, 0.15) is 28.5 Å². The highest BCUT2D eigenvalue weighted by atomic mass is 35.5. The number of pyridine rings is 1. The molecule has 5 rings (SSSR count). The van der Waals surface area contributed by atoms with Gasteiger partial charge in [0.05, 0.1) is 22.0 Å². The number of carbonyl (C=O) groups excluding carboxylic acids is 2. The second-order valence-corrected chi connectivity index (χ2v) is 11.8. The van der Waals surface area contributed by atoms with E-state index in [9.17, 15) is 45.4 Å². The van der Waals surface area contributed by atoms with Gasteiger partial charge in [0.25, 0.3) is 5.91 Å². The number of nitrogens with zero attached hydrogens (tertiary/aromatic N) is 2. The number of halogens is 8. The molecule has 0 aliphatic carbocycles. The van der Waals surface area contributed by atoms with Crippen LogP contribution in [-0.4, -0.2) is 52.6 Å². The van der Waals surface area contributed by atoms with Gasteiger partial charge in [-0.3, -0.25) is 9.59 Å². The number of nitrogens with one attached hydrogen (secondary N) is 1. The number of hydrogen-bond donors (Lipinski definition) is 4. The summed E-state index contributed by atoms with van der Waals surface area (Å²) in [5.41, 5.74) is 2.75. The predicted octanol–water partition coefficient (Wildman–Crippen LogP) is 4.95. The molecular formula is C27H19ClF7N5O5S. The molecule has 46 heavy (non-hydrogen) atoms. The van der Waals surface area contributed by atoms with Crippen LogP contribution in [0.15, 0.2) is 36.4 Å². The van der Waals surface area contributed by atoms with E-state index in [2.05, 4.69) is 14.7 Å². The molecule has 1 aliphatic heterocycles. The fourth-order valence-corrected chi connectivity index (χ4v) is 5.61. The Morgan fingerprint density at radius 1 is 1.15 bits per heavy atom. The summed E-state index contributed by atoms with van der Waals surface area (Å²) in [6.07, 6.45) is -10.8. The molecule has 3 heterocycles. The standard InChI is InChI=1S/C27H19ClF7N5O5S/c1-24(22(36)42)9-44-20-12(24)7-17(39-18(20)10-2-3-14(29)13(28)4-10)25(43,26(30,31)32)8-38-21(41)11-5-15(45-27(33,34)35)19-16(6-11)46-23(37)40-19/h2-7,43H,8-9H2,1H3,(H2,36,42)(H2,37,40)(H,38,41)/t24-,25?/m0/s1. The molecule has 4 aromatic rings. The van der Waals surface area contributed by atoms with Crippen LogP contribution in [0, 0.1) is 5.82 Å². The average molecular weight is 694 g/mol. The zero-order chi connectivity index (χ0) is 34.0. The molecule has 6 N–H and O–H groups in total. The molecule has 19 heteroatoms. The first-order chi connectivity index (χ1) is 21.2. The summed E-state index contributed by atoms with van der Waals surface area (Å²) in [7, 11) is 0. The van der Waals surface area contributed by atoms with Crippen LogP contribution in [0.3, 0.4) is 0 Å². The van der Waals surface area contributed by atoms with Crippen molar-refractivity contribution in [3.63, 3.8) is 0 Å². The molecule has 1 aliphatic rings. The van der Waals surface area contributed by atoms with Gasteiger partial charge >= 0.3 is 12.5 Å². The summed E-state index contributed by atoms with van der Waals surface area (Å²) in [4.78, 5) is 33.1. The number of hydrogen-bond acceptors (Lipinski definition) is 9. The molecule has 0 radical (unpaired) electrons. The van der Waals surface area contributed by atoms with Gasteiger partial charge in [-0.25, -0.2) is 14.4 Å². The Labute approximate surface area is 262 Å². The number of anilines is 1. The van der Waals surface area contributed by atoms with Crippen molar-refractivity contribution >= 4 is 50.1 Å². The Morgan fingerprint density at radius 3 is 2.46 bits per heavy atom. The van der Waals surface area contributed by atoms with E-state index in [0.717, 1.165) is 30.3 Å². The van der Waals surface area contributed by atoms with Crippen molar-refractivity contribution in [2.24, 2.45) is 5.73 Å². The highest BCUT2D eigenvalue weighted by molar-refractivity contribution is 7.22. The number of nitrogens with two attached hydrogens (primary N) is 2. The third-order valence-corrected chi connectivity index (χ3v) is 8.29. The second kappa shape index (κ2) is 11.1. The van der Waals surface area contributed by atoms with Gasteiger partial charge in [0.2, 0.25) is 11.5 Å². The minimum atomic E-state index is -5.55. The summed E-state index contributed by atoms with van der Waals surface area (Å²) >= 11 is 6.56. The lowest BCUT2D eigenvalue weighted by Gasteiger charge is -2.31. The Kier molecular flexibility index (Phi) is 7.97. The van der Waals surface area contributed by atoms with Crippen LogP contribution in [0.4, 0.5) is 35.9 Å². The van der Waals surface area contributed by atoms with E-state index in [1.165, 1.54) is 6.92 Å². The number of primary amides is 1. The SMILES string of the molecule is C[C@]1(C(N)=O)COc2c1cc(C(O)(CNC(=O)c1cc(OC(F)(F)F)c3nc(N)sc3c1)C(F)(F)F)nc2-c1ccc(F)c(Cl)c1. The number of thiazole rings is 1. The zero-order valence-electron chi connectivity index (χ0n) is 22.9. The number of nitrogen functional groups attached to an aromatic ring is 1. The van der Waals surface area contributed by atoms with Crippen LogP contribution in [0.25, 0.3) is 21.5 Å². The topological polar surface area (TPSA) is 163 Å². The van der Waals surface area contributed by atoms with Crippen LogP contribution in [0.2, 0.25) is 5.02 Å². The number of alkyl halides is 6. The lowest BCUT2D eigenvalue weighted by atomic mass is 9.81. The summed E-state index contributed by atoms with van der Waals surface area (Å²) in [6.45, 7) is -0.750. The van der Waals surface area contributed by atoms with Crippen molar-refractivity contribution in [1.82, 2.24) is 15.3 Å². The molecule has 2 aromatic heterocycles. The average Bonchev–Trinajstić information content (AvgIpc) is 3.51. The van der Waals surface area contributed by atoms with Gasteiger partial charge < -0.3 is 31.4 Å². The fourth-order valence-electron chi connectivity index (χ4n) is 4.63. The molecule has 0 saturated heterocycles. The highest BCUT2D eigenvalue weighted by Crippen LogP contribution is 2.48. The molecule has 0 fully saturated rings. The fraction of sp³-hybridized carbons (Fsp3) is 0.259. The quantitative estimate of drug-likeness (QED) is 0.198. The number of fused-ring (bicyclic) bond motifs is 2. The van der Waals surface area contributed by atoms with Crippen molar-refractivity contribution in [3.05, 3.63) is 64.1 Å². The van der Waals surface area contributed by atoms with E-state index in [-0.39, 0.29) is 37.9 Å². The van der Waals surface area contributed by atoms with Gasteiger partial charge in [-0.2, -0.15) is 13.2 Å². The lowest BCUT2D eigenvalue weighted by molar-refractivity contribution is -0.274. The van der Waals surface area contributed by atoms with Gasteiger partial charge in [-0.05, 0) is 43.3 Å². The normalized spacial score (nSPS) is 17.7. The van der Waals surface area contributed by atoms with E-state index in [1.807, 2.05) is 5.32 Å². The second-order valence-electron chi connectivity index (χ2n) is 10.3. The zero-order valence-corrected chi connectivity index (χ0v) is 24.5. The first kappa shape index (κ1) is 33.0. The van der Waals surface area contributed by atoms with Crippen molar-refractivity contribution in [2.45, 2.75) is 30.5 Å². The van der Waals surface area contributed by atoms with Gasteiger partial charge in [0.15, 0.2) is 10.9 Å². The molecule has 2 aromatic carbocycles. The van der Waals surface area contributed by atoms with E-state index in [0.29, 0.717) is 17.4 Å². The highest BCUT2D eigenvalue weighted by Gasteiger charge is 2.57. The van der Waals surface area contributed by atoms with E-state index in [1.54, 1.807) is 0 Å². The Bertz CT molecular complexity index is 1900. The number of ether oxygens (including phenoxy) is 2. The third-order valence-electron chi connectivity index (χ3n) is 7.17. The molecular weight excluding hydrogens is 675 g/mol. The maximum absolute atomic E-state index is 14.7. The van der Waals surface area contributed by atoms with Crippen molar-refractivity contribution in [3.8, 4) is 22.8 Å². The van der Waals surface area contributed by atoms with E-state index in [4.69, 9.17) is 27.8 Å². The first-order valence-corrected chi connectivity index (χ1v) is 13.9. The van der Waals surface area contributed by atoms with Crippen molar-refractivity contribution in [1.29, 1.82) is 0 Å². The minimum Gasteiger partial charge on any atom is -0.489 e. The van der Waals surface area contributed by atoms with Gasteiger partial charge in [0.1, 0.15) is 34.8 Å². The van der Waals surface area contributed by atoms with Gasteiger partial charge in [-0.1, -0.05) is 22.9 Å². The molecule has 244 valence electrons. The summed E-state index contributed by atoms with van der Waals surface area (Å²) < 4.78 is 106. The summed E-state index contributed by atoms with van der Waals surface area (Å²) in [6, 6.07) is 5.41. The number of aromatic nitrogens is 2. The molecule has 1 unspecified atom stereocenters. The van der Waals surface area contributed by atoms with Gasteiger partial charge in [-0.15, -0.1) is 13.2 Å². The monoisotopic (exact) mass is 693 g/mol. The van der Waals surface area contributed by atoms with Gasteiger partial charge in [0, 0.05) is 16.7 Å². The molecule has 0 saturated carbocycles. The van der Waals surface area contributed by atoms with E-state index >= 15 is 0 Å². The molecule has 10 nitrogen and oxygen atoms in total. The lowest BCUT2D eigenvalue weighted by Crippen LogP contribution is -2.51. The largest absolute Gasteiger partial charge is 0.573 e. The van der Waals surface area contributed by atoms with Crippen LogP contribution >= 0.6 is 22.9 Å². The molecule has 0 spiro atoms. The number of benzene rings is 2.